The van der Waals surface area contributed by atoms with Gasteiger partial charge in [0.1, 0.15) is 23.7 Å². The molecule has 3 aromatic carbocycles. The topological polar surface area (TPSA) is 54.0 Å². The average molecular weight is 422 g/mol. The third-order valence-corrected chi connectivity index (χ3v) is 4.58. The number of para-hydroxylation sites is 1. The molecule has 0 atom stereocenters. The first kappa shape index (κ1) is 21.9. The van der Waals surface area contributed by atoms with E-state index in [9.17, 15) is 4.79 Å². The minimum atomic E-state index is -0.744. The van der Waals surface area contributed by atoms with Gasteiger partial charge >= 0.3 is 5.97 Å². The number of methoxy groups -OCH3 is 2. The monoisotopic (exact) mass is 422 g/mol. The first-order valence-corrected chi connectivity index (χ1v) is 9.60. The Kier molecular flexibility index (Phi) is 7.27. The number of rotatable bonds is 8. The van der Waals surface area contributed by atoms with Crippen molar-refractivity contribution in [2.75, 3.05) is 14.2 Å². The Bertz CT molecular complexity index is 1060. The molecule has 31 heavy (non-hydrogen) atoms. The molecule has 0 aliphatic carbocycles. The molecule has 0 saturated heterocycles. The number of esters is 1. The number of hydrogen-bond donors (Lipinski definition) is 0. The summed E-state index contributed by atoms with van der Waals surface area (Å²) in [5.41, 5.74) is 1.04. The highest BCUT2D eigenvalue weighted by molar-refractivity contribution is 5.97. The van der Waals surface area contributed by atoms with Crippen molar-refractivity contribution >= 4 is 12.0 Å². The van der Waals surface area contributed by atoms with Crippen molar-refractivity contribution in [3.63, 3.8) is 0 Å². The summed E-state index contributed by atoms with van der Waals surface area (Å²) in [7, 11) is 2.84. The normalized spacial score (nSPS) is 10.7. The molecule has 3 aromatic rings. The molecule has 0 spiro atoms. The molecule has 0 aliphatic heterocycles. The van der Waals surface area contributed by atoms with Crippen LogP contribution in [0.5, 0.6) is 17.2 Å². The Hall–Kier alpha value is -3.80. The van der Waals surface area contributed by atoms with Gasteiger partial charge in [0.2, 0.25) is 0 Å². The van der Waals surface area contributed by atoms with Gasteiger partial charge in [0.05, 0.1) is 26.0 Å². The van der Waals surface area contributed by atoms with Crippen LogP contribution in [0.3, 0.4) is 0 Å². The predicted molar refractivity (Wildman–Crippen MR) is 116 cm³/mol. The highest BCUT2D eigenvalue weighted by Gasteiger charge is 2.29. The fraction of sp³-hybridized carbons (Fsp3) is 0.160. The van der Waals surface area contributed by atoms with Crippen molar-refractivity contribution in [2.24, 2.45) is 0 Å². The fourth-order valence-electron chi connectivity index (χ4n) is 3.07. The summed E-state index contributed by atoms with van der Waals surface area (Å²) in [6.45, 7) is 1.65. The largest absolute Gasteiger partial charge is 0.504 e. The SMILES string of the molecule is CO/C=C/c1c(F)c(C)c(C(=O)Oc2ccccc2)c(OCc2ccccc2)c1OC. The zero-order valence-corrected chi connectivity index (χ0v) is 17.6. The predicted octanol–water partition coefficient (Wildman–Crippen LogP) is 5.56. The van der Waals surface area contributed by atoms with Gasteiger partial charge in [0.25, 0.3) is 0 Å². The summed E-state index contributed by atoms with van der Waals surface area (Å²) in [6.07, 6.45) is 2.74. The van der Waals surface area contributed by atoms with Crippen molar-refractivity contribution in [1.82, 2.24) is 0 Å². The van der Waals surface area contributed by atoms with Crippen molar-refractivity contribution in [3.05, 3.63) is 95.0 Å². The van der Waals surface area contributed by atoms with Crippen LogP contribution in [0.25, 0.3) is 6.08 Å². The molecular weight excluding hydrogens is 399 g/mol. The van der Waals surface area contributed by atoms with Gasteiger partial charge in [-0.05, 0) is 30.7 Å². The molecule has 160 valence electrons. The maximum absolute atomic E-state index is 15.2. The van der Waals surface area contributed by atoms with E-state index in [0.29, 0.717) is 5.75 Å². The number of hydrogen-bond acceptors (Lipinski definition) is 5. The summed E-state index contributed by atoms with van der Waals surface area (Å²) in [5.74, 6) is -0.860. The molecule has 0 bridgehead atoms. The fourth-order valence-corrected chi connectivity index (χ4v) is 3.07. The number of benzene rings is 3. The first-order chi connectivity index (χ1) is 15.1. The Morgan fingerprint density at radius 1 is 0.968 bits per heavy atom. The van der Waals surface area contributed by atoms with E-state index in [0.717, 1.165) is 5.56 Å². The van der Waals surface area contributed by atoms with Crippen LogP contribution < -0.4 is 14.2 Å². The quantitative estimate of drug-likeness (QED) is 0.270. The number of carbonyl (C=O) groups excluding carboxylic acids is 1. The molecule has 0 saturated carbocycles. The number of carbonyl (C=O) groups is 1. The molecule has 0 N–H and O–H groups in total. The van der Waals surface area contributed by atoms with Crippen LogP contribution in [0.15, 0.2) is 66.9 Å². The summed E-state index contributed by atoms with van der Waals surface area (Å²) in [6, 6.07) is 18.0. The summed E-state index contributed by atoms with van der Waals surface area (Å²) < 4.78 is 37.1. The van der Waals surface area contributed by atoms with Gasteiger partial charge in [-0.1, -0.05) is 48.5 Å². The molecule has 0 amide bonds. The van der Waals surface area contributed by atoms with Crippen LogP contribution in [0.4, 0.5) is 4.39 Å². The summed E-state index contributed by atoms with van der Waals surface area (Å²) >= 11 is 0. The van der Waals surface area contributed by atoms with Crippen LogP contribution >= 0.6 is 0 Å². The molecule has 0 heterocycles. The lowest BCUT2D eigenvalue weighted by Gasteiger charge is -2.19. The minimum Gasteiger partial charge on any atom is -0.504 e. The highest BCUT2D eigenvalue weighted by Crippen LogP contribution is 2.41. The lowest BCUT2D eigenvalue weighted by atomic mass is 10.0. The smallest absolute Gasteiger partial charge is 0.347 e. The molecule has 6 heteroatoms. The lowest BCUT2D eigenvalue weighted by molar-refractivity contribution is 0.0727. The van der Waals surface area contributed by atoms with E-state index in [2.05, 4.69) is 0 Å². The Balaban J connectivity index is 2.11. The second-order valence-electron chi connectivity index (χ2n) is 6.61. The molecule has 0 aromatic heterocycles. The third kappa shape index (κ3) is 5.04. The van der Waals surface area contributed by atoms with E-state index in [1.165, 1.54) is 33.5 Å². The summed E-state index contributed by atoms with van der Waals surface area (Å²) in [5, 5.41) is 0. The van der Waals surface area contributed by atoms with Crippen molar-refractivity contribution in [1.29, 1.82) is 0 Å². The third-order valence-electron chi connectivity index (χ3n) is 4.58. The molecule has 0 aliphatic rings. The van der Waals surface area contributed by atoms with Gasteiger partial charge < -0.3 is 18.9 Å². The first-order valence-electron chi connectivity index (χ1n) is 9.60. The maximum Gasteiger partial charge on any atom is 0.347 e. The molecule has 0 radical (unpaired) electrons. The molecule has 5 nitrogen and oxygen atoms in total. The minimum absolute atomic E-state index is 0.0382. The van der Waals surface area contributed by atoms with Crippen LogP contribution in [-0.2, 0) is 11.3 Å². The number of halogens is 1. The van der Waals surface area contributed by atoms with Crippen LogP contribution in [0.2, 0.25) is 0 Å². The van der Waals surface area contributed by atoms with Gasteiger partial charge in [-0.15, -0.1) is 0 Å². The maximum atomic E-state index is 15.2. The van der Waals surface area contributed by atoms with Crippen molar-refractivity contribution in [3.8, 4) is 17.2 Å². The van der Waals surface area contributed by atoms with Crippen LogP contribution in [0, 0.1) is 12.7 Å². The second-order valence-corrected chi connectivity index (χ2v) is 6.61. The standard InChI is InChI=1S/C25H23FO5/c1-17-21(25(27)31-19-12-8-5-9-13-19)24(30-16-18-10-6-4-7-11-18)23(29-3)20(22(17)26)14-15-28-2/h4-15H,16H2,1-3H3/b15-14+. The summed E-state index contributed by atoms with van der Waals surface area (Å²) in [4.78, 5) is 13.0. The molecule has 0 fully saturated rings. The molecule has 3 rings (SSSR count). The Labute approximate surface area is 180 Å². The van der Waals surface area contributed by atoms with E-state index in [-0.39, 0.29) is 34.8 Å². The zero-order valence-electron chi connectivity index (χ0n) is 17.6. The molecular formula is C25H23FO5. The highest BCUT2D eigenvalue weighted by atomic mass is 19.1. The van der Waals surface area contributed by atoms with Gasteiger partial charge in [0.15, 0.2) is 11.5 Å². The van der Waals surface area contributed by atoms with E-state index < -0.39 is 11.8 Å². The average Bonchev–Trinajstić information content (AvgIpc) is 2.79. The van der Waals surface area contributed by atoms with Crippen LogP contribution in [0.1, 0.15) is 27.0 Å². The van der Waals surface area contributed by atoms with Gasteiger partial charge in [-0.3, -0.25) is 0 Å². The zero-order chi connectivity index (χ0) is 22.2. The van der Waals surface area contributed by atoms with Crippen molar-refractivity contribution < 1.29 is 28.1 Å². The second kappa shape index (κ2) is 10.3. The Morgan fingerprint density at radius 2 is 1.61 bits per heavy atom. The number of ether oxygens (including phenoxy) is 4. The van der Waals surface area contributed by atoms with E-state index >= 15 is 4.39 Å². The van der Waals surface area contributed by atoms with E-state index in [1.807, 2.05) is 30.3 Å². The van der Waals surface area contributed by atoms with Gasteiger partial charge in [-0.25, -0.2) is 9.18 Å². The van der Waals surface area contributed by atoms with Gasteiger partial charge in [0, 0.05) is 5.56 Å². The Morgan fingerprint density at radius 3 is 2.23 bits per heavy atom. The van der Waals surface area contributed by atoms with Crippen molar-refractivity contribution in [2.45, 2.75) is 13.5 Å². The van der Waals surface area contributed by atoms with Crippen LogP contribution in [-0.4, -0.2) is 20.2 Å². The van der Waals surface area contributed by atoms with Gasteiger partial charge in [-0.2, -0.15) is 0 Å². The van der Waals surface area contributed by atoms with E-state index in [1.54, 1.807) is 30.3 Å². The molecule has 0 unspecified atom stereocenters. The lowest BCUT2D eigenvalue weighted by Crippen LogP contribution is -2.16. The van der Waals surface area contributed by atoms with E-state index in [4.69, 9.17) is 18.9 Å².